The number of nitrogens with zero attached hydrogens (tertiary/aromatic N) is 1. The minimum atomic E-state index is -0.256. The maximum atomic E-state index is 12.1. The molecule has 1 aliphatic rings. The Labute approximate surface area is 127 Å². The van der Waals surface area contributed by atoms with Crippen LogP contribution in [0.4, 0.5) is 5.69 Å². The molecular weight excluding hydrogens is 320 g/mol. The first kappa shape index (κ1) is 15.0. The second-order valence-electron chi connectivity index (χ2n) is 5.50. The average Bonchev–Trinajstić information content (AvgIpc) is 2.78. The average molecular weight is 339 g/mol. The Bertz CT molecular complexity index is 516. The third-order valence-corrected chi connectivity index (χ3v) is 3.99. The number of halogens is 1. The minimum Gasteiger partial charge on any atom is -0.356 e. The van der Waals surface area contributed by atoms with Crippen molar-refractivity contribution in [3.8, 4) is 0 Å². The predicted octanol–water partition coefficient (Wildman–Crippen LogP) is 2.57. The quantitative estimate of drug-likeness (QED) is 0.917. The topological polar surface area (TPSA) is 49.4 Å². The largest absolute Gasteiger partial charge is 0.356 e. The number of hydrogen-bond donors (Lipinski definition) is 1. The van der Waals surface area contributed by atoms with E-state index in [1.54, 1.807) is 4.90 Å². The predicted molar refractivity (Wildman–Crippen MR) is 82.4 cm³/mol. The number of para-hydroxylation sites is 1. The zero-order chi connectivity index (χ0) is 14.7. The van der Waals surface area contributed by atoms with Crippen molar-refractivity contribution in [1.82, 2.24) is 5.32 Å². The number of carbonyl (C=O) groups excluding carboxylic acids is 2. The summed E-state index contributed by atoms with van der Waals surface area (Å²) in [6, 6.07) is 7.58. The van der Waals surface area contributed by atoms with Crippen molar-refractivity contribution >= 4 is 33.4 Å². The third kappa shape index (κ3) is 3.39. The standard InChI is InChI=1S/C15H19BrN2O2/c1-10(2)8-17-15(20)11-7-14(19)18(9-11)13-6-4-3-5-12(13)16/h3-6,10-11H,7-9H2,1-2H3,(H,17,20). The first-order chi connectivity index (χ1) is 9.49. The smallest absolute Gasteiger partial charge is 0.227 e. The van der Waals surface area contributed by atoms with Gasteiger partial charge in [-0.1, -0.05) is 26.0 Å². The van der Waals surface area contributed by atoms with Crippen LogP contribution in [0.1, 0.15) is 20.3 Å². The van der Waals surface area contributed by atoms with Crippen LogP contribution in [0.5, 0.6) is 0 Å². The van der Waals surface area contributed by atoms with Gasteiger partial charge in [-0.05, 0) is 34.0 Å². The molecule has 5 heteroatoms. The lowest BCUT2D eigenvalue weighted by molar-refractivity contribution is -0.126. The number of carbonyl (C=O) groups is 2. The number of hydrogen-bond acceptors (Lipinski definition) is 2. The molecule has 0 radical (unpaired) electrons. The SMILES string of the molecule is CC(C)CNC(=O)C1CC(=O)N(c2ccccc2Br)C1. The molecule has 0 spiro atoms. The van der Waals surface area contributed by atoms with Crippen molar-refractivity contribution in [3.05, 3.63) is 28.7 Å². The van der Waals surface area contributed by atoms with Crippen LogP contribution in [0.3, 0.4) is 0 Å². The van der Waals surface area contributed by atoms with Gasteiger partial charge in [0.2, 0.25) is 11.8 Å². The first-order valence-electron chi connectivity index (χ1n) is 6.81. The fourth-order valence-corrected chi connectivity index (χ4v) is 2.73. The van der Waals surface area contributed by atoms with Gasteiger partial charge in [0.1, 0.15) is 0 Å². The molecule has 1 aromatic rings. The van der Waals surface area contributed by atoms with Gasteiger partial charge in [-0.2, -0.15) is 0 Å². The number of amides is 2. The third-order valence-electron chi connectivity index (χ3n) is 3.32. The Morgan fingerprint density at radius 3 is 2.80 bits per heavy atom. The number of anilines is 1. The summed E-state index contributed by atoms with van der Waals surface area (Å²) < 4.78 is 0.872. The summed E-state index contributed by atoms with van der Waals surface area (Å²) in [5.41, 5.74) is 0.830. The van der Waals surface area contributed by atoms with E-state index in [9.17, 15) is 9.59 Å². The van der Waals surface area contributed by atoms with E-state index < -0.39 is 0 Å². The number of rotatable bonds is 4. The summed E-state index contributed by atoms with van der Waals surface area (Å²) in [5, 5.41) is 2.90. The van der Waals surface area contributed by atoms with E-state index in [0.717, 1.165) is 10.2 Å². The van der Waals surface area contributed by atoms with Crippen molar-refractivity contribution in [2.45, 2.75) is 20.3 Å². The number of benzene rings is 1. The fraction of sp³-hybridized carbons (Fsp3) is 0.467. The summed E-state index contributed by atoms with van der Waals surface area (Å²) in [4.78, 5) is 25.8. The maximum Gasteiger partial charge on any atom is 0.227 e. The summed E-state index contributed by atoms with van der Waals surface area (Å²) >= 11 is 3.45. The molecule has 1 aliphatic heterocycles. The molecule has 0 aromatic heterocycles. The van der Waals surface area contributed by atoms with Gasteiger partial charge in [0, 0.05) is 24.0 Å². The second-order valence-corrected chi connectivity index (χ2v) is 6.35. The van der Waals surface area contributed by atoms with Crippen molar-refractivity contribution in [1.29, 1.82) is 0 Å². The van der Waals surface area contributed by atoms with Crippen molar-refractivity contribution in [3.63, 3.8) is 0 Å². The van der Waals surface area contributed by atoms with Crippen molar-refractivity contribution in [2.24, 2.45) is 11.8 Å². The lowest BCUT2D eigenvalue weighted by Crippen LogP contribution is -2.35. The zero-order valence-electron chi connectivity index (χ0n) is 11.7. The molecule has 1 aromatic carbocycles. The van der Waals surface area contributed by atoms with Gasteiger partial charge in [-0.25, -0.2) is 0 Å². The summed E-state index contributed by atoms with van der Waals surface area (Å²) in [6.07, 6.45) is 0.283. The van der Waals surface area contributed by atoms with E-state index >= 15 is 0 Å². The highest BCUT2D eigenvalue weighted by atomic mass is 79.9. The molecule has 2 amide bonds. The molecule has 0 saturated carbocycles. The fourth-order valence-electron chi connectivity index (χ4n) is 2.24. The zero-order valence-corrected chi connectivity index (χ0v) is 13.3. The van der Waals surface area contributed by atoms with Gasteiger partial charge in [0.05, 0.1) is 11.6 Å². The van der Waals surface area contributed by atoms with Crippen LogP contribution in [0.2, 0.25) is 0 Å². The molecule has 1 N–H and O–H groups in total. The molecule has 4 nitrogen and oxygen atoms in total. The van der Waals surface area contributed by atoms with E-state index in [-0.39, 0.29) is 24.2 Å². The molecule has 1 atom stereocenters. The molecule has 2 rings (SSSR count). The molecule has 0 bridgehead atoms. The summed E-state index contributed by atoms with van der Waals surface area (Å²) in [6.45, 7) is 5.20. The Kier molecular flexibility index (Phi) is 4.81. The molecule has 20 heavy (non-hydrogen) atoms. The molecule has 1 heterocycles. The van der Waals surface area contributed by atoms with Crippen LogP contribution in [-0.4, -0.2) is 24.9 Å². The molecule has 1 saturated heterocycles. The minimum absolute atomic E-state index is 0.00148. The van der Waals surface area contributed by atoms with E-state index in [2.05, 4.69) is 21.2 Å². The molecule has 0 aliphatic carbocycles. The van der Waals surface area contributed by atoms with Gasteiger partial charge >= 0.3 is 0 Å². The lowest BCUT2D eigenvalue weighted by Gasteiger charge is -2.18. The molecule has 108 valence electrons. The van der Waals surface area contributed by atoms with Crippen LogP contribution in [0, 0.1) is 11.8 Å². The highest BCUT2D eigenvalue weighted by Crippen LogP contribution is 2.31. The lowest BCUT2D eigenvalue weighted by atomic mass is 10.1. The molecule has 1 fully saturated rings. The molecule has 1 unspecified atom stereocenters. The highest BCUT2D eigenvalue weighted by molar-refractivity contribution is 9.10. The summed E-state index contributed by atoms with van der Waals surface area (Å²) in [5.74, 6) is 0.131. The number of nitrogens with one attached hydrogen (secondary N) is 1. The second kappa shape index (κ2) is 6.39. The Hall–Kier alpha value is -1.36. The van der Waals surface area contributed by atoms with Gasteiger partial charge in [-0.3, -0.25) is 9.59 Å². The van der Waals surface area contributed by atoms with Crippen LogP contribution < -0.4 is 10.2 Å². The Balaban J connectivity index is 2.04. The highest BCUT2D eigenvalue weighted by Gasteiger charge is 2.35. The first-order valence-corrected chi connectivity index (χ1v) is 7.61. The maximum absolute atomic E-state index is 12.1. The van der Waals surface area contributed by atoms with E-state index in [4.69, 9.17) is 0 Å². The van der Waals surface area contributed by atoms with Gasteiger partial charge in [0.15, 0.2) is 0 Å². The van der Waals surface area contributed by atoms with E-state index in [1.807, 2.05) is 38.1 Å². The Morgan fingerprint density at radius 2 is 2.15 bits per heavy atom. The van der Waals surface area contributed by atoms with Crippen LogP contribution in [0.25, 0.3) is 0 Å². The van der Waals surface area contributed by atoms with E-state index in [0.29, 0.717) is 19.0 Å². The summed E-state index contributed by atoms with van der Waals surface area (Å²) in [7, 11) is 0. The van der Waals surface area contributed by atoms with Gasteiger partial charge < -0.3 is 10.2 Å². The Morgan fingerprint density at radius 1 is 1.45 bits per heavy atom. The van der Waals surface area contributed by atoms with E-state index in [1.165, 1.54) is 0 Å². The normalized spacial score (nSPS) is 18.7. The monoisotopic (exact) mass is 338 g/mol. The van der Waals surface area contributed by atoms with Crippen LogP contribution in [0.15, 0.2) is 28.7 Å². The molecular formula is C15H19BrN2O2. The van der Waals surface area contributed by atoms with Crippen molar-refractivity contribution in [2.75, 3.05) is 18.0 Å². The van der Waals surface area contributed by atoms with Crippen molar-refractivity contribution < 1.29 is 9.59 Å². The van der Waals surface area contributed by atoms with Crippen LogP contribution >= 0.6 is 15.9 Å². The van der Waals surface area contributed by atoms with Gasteiger partial charge in [-0.15, -0.1) is 0 Å². The van der Waals surface area contributed by atoms with Crippen LogP contribution in [-0.2, 0) is 9.59 Å². The van der Waals surface area contributed by atoms with Gasteiger partial charge in [0.25, 0.3) is 0 Å².